The number of carbonyl (C=O) groups excluding carboxylic acids is 2. The number of rotatable bonds is 4. The molecule has 2 aromatic rings. The van der Waals surface area contributed by atoms with Gasteiger partial charge in [-0.2, -0.15) is 0 Å². The van der Waals surface area contributed by atoms with Crippen molar-refractivity contribution in [3.05, 3.63) is 59.7 Å². The maximum atomic E-state index is 12.5. The van der Waals surface area contributed by atoms with Crippen LogP contribution in [-0.2, 0) is 11.3 Å². The van der Waals surface area contributed by atoms with Crippen molar-refractivity contribution in [2.75, 3.05) is 25.0 Å². The molecule has 2 aliphatic rings. The number of nitrogens with zero attached hydrogens (tertiary/aromatic N) is 1. The summed E-state index contributed by atoms with van der Waals surface area (Å²) in [6, 6.07) is 15.6. The highest BCUT2D eigenvalue weighted by molar-refractivity contribution is 5.99. The summed E-state index contributed by atoms with van der Waals surface area (Å²) in [5.41, 5.74) is 2.43. The van der Waals surface area contributed by atoms with Crippen LogP contribution >= 0.6 is 0 Å². The lowest BCUT2D eigenvalue weighted by Gasteiger charge is -2.19. The lowest BCUT2D eigenvalue weighted by Crippen LogP contribution is -2.37. The first-order valence-corrected chi connectivity index (χ1v) is 8.81. The topological polar surface area (TPSA) is 70.7 Å². The molecule has 0 aromatic heterocycles. The van der Waals surface area contributed by atoms with Gasteiger partial charge in [-0.3, -0.25) is 14.5 Å². The van der Waals surface area contributed by atoms with Gasteiger partial charge in [0.25, 0.3) is 11.8 Å². The second-order valence-electron chi connectivity index (χ2n) is 6.73. The Morgan fingerprint density at radius 2 is 2.08 bits per heavy atom. The summed E-state index contributed by atoms with van der Waals surface area (Å²) < 4.78 is 5.38. The van der Waals surface area contributed by atoms with Crippen molar-refractivity contribution in [1.82, 2.24) is 10.2 Å². The van der Waals surface area contributed by atoms with E-state index in [1.807, 2.05) is 18.2 Å². The summed E-state index contributed by atoms with van der Waals surface area (Å²) >= 11 is 0. The molecule has 1 atom stereocenters. The van der Waals surface area contributed by atoms with Gasteiger partial charge < -0.3 is 15.4 Å². The number of benzene rings is 2. The molecule has 0 radical (unpaired) electrons. The Bertz CT molecular complexity index is 822. The van der Waals surface area contributed by atoms with Gasteiger partial charge in [0.1, 0.15) is 5.75 Å². The van der Waals surface area contributed by atoms with E-state index in [0.29, 0.717) is 17.0 Å². The third kappa shape index (κ3) is 3.70. The summed E-state index contributed by atoms with van der Waals surface area (Å²) in [5, 5.41) is 5.83. The molecule has 1 fully saturated rings. The number of hydrogen-bond donors (Lipinski definition) is 2. The van der Waals surface area contributed by atoms with E-state index in [1.54, 1.807) is 18.2 Å². The number of likely N-dealkylation sites (tertiary alicyclic amines) is 1. The highest BCUT2D eigenvalue weighted by atomic mass is 16.5. The van der Waals surface area contributed by atoms with E-state index < -0.39 is 0 Å². The standard InChI is InChI=1S/C20H21N3O3/c24-19-13-26-18-10-15(6-7-17(18)22-19)20(25)21-16-8-9-23(12-16)11-14-4-2-1-3-5-14/h1-7,10,16H,8-9,11-13H2,(H,21,25)(H,22,24)/t16-/m0/s1. The molecule has 2 amide bonds. The molecule has 0 bridgehead atoms. The zero-order valence-corrected chi connectivity index (χ0v) is 14.4. The smallest absolute Gasteiger partial charge is 0.262 e. The van der Waals surface area contributed by atoms with E-state index in [-0.39, 0.29) is 24.5 Å². The Balaban J connectivity index is 1.35. The number of fused-ring (bicyclic) bond motifs is 1. The monoisotopic (exact) mass is 351 g/mol. The predicted molar refractivity (Wildman–Crippen MR) is 98.2 cm³/mol. The average molecular weight is 351 g/mol. The maximum absolute atomic E-state index is 12.5. The van der Waals surface area contributed by atoms with Crippen LogP contribution in [-0.4, -0.2) is 42.5 Å². The van der Waals surface area contributed by atoms with Crippen LogP contribution in [0.3, 0.4) is 0 Å². The minimum Gasteiger partial charge on any atom is -0.482 e. The molecule has 134 valence electrons. The Morgan fingerprint density at radius 3 is 2.92 bits per heavy atom. The number of ether oxygens (including phenoxy) is 1. The molecule has 0 saturated carbocycles. The van der Waals surface area contributed by atoms with E-state index in [0.717, 1.165) is 26.1 Å². The lowest BCUT2D eigenvalue weighted by molar-refractivity contribution is -0.118. The van der Waals surface area contributed by atoms with Gasteiger partial charge in [0.05, 0.1) is 5.69 Å². The normalized spacial score (nSPS) is 19.4. The summed E-state index contributed by atoms with van der Waals surface area (Å²) in [6.07, 6.45) is 0.941. The van der Waals surface area contributed by atoms with Crippen molar-refractivity contribution in [3.63, 3.8) is 0 Å². The number of nitrogens with one attached hydrogen (secondary N) is 2. The predicted octanol–water partition coefficient (Wildman–Crippen LogP) is 2.02. The van der Waals surface area contributed by atoms with Gasteiger partial charge in [-0.25, -0.2) is 0 Å². The largest absolute Gasteiger partial charge is 0.482 e. The van der Waals surface area contributed by atoms with Crippen LogP contribution in [0.1, 0.15) is 22.3 Å². The van der Waals surface area contributed by atoms with Crippen LogP contribution in [0.15, 0.2) is 48.5 Å². The SMILES string of the molecule is O=C1COc2cc(C(=O)N[C@H]3CCN(Cc4ccccc4)C3)ccc2N1. The molecule has 1 saturated heterocycles. The zero-order valence-electron chi connectivity index (χ0n) is 14.4. The van der Waals surface area contributed by atoms with Crippen LogP contribution in [0.25, 0.3) is 0 Å². The second-order valence-corrected chi connectivity index (χ2v) is 6.73. The quantitative estimate of drug-likeness (QED) is 0.884. The van der Waals surface area contributed by atoms with Crippen molar-refractivity contribution in [2.45, 2.75) is 19.0 Å². The van der Waals surface area contributed by atoms with Crippen molar-refractivity contribution >= 4 is 17.5 Å². The Morgan fingerprint density at radius 1 is 1.23 bits per heavy atom. The van der Waals surface area contributed by atoms with Crippen molar-refractivity contribution in [2.24, 2.45) is 0 Å². The molecule has 6 heteroatoms. The van der Waals surface area contributed by atoms with E-state index in [2.05, 4.69) is 27.7 Å². The Labute approximate surface area is 152 Å². The molecule has 2 aliphatic heterocycles. The van der Waals surface area contributed by atoms with Gasteiger partial charge in [-0.05, 0) is 30.2 Å². The van der Waals surface area contributed by atoms with Crippen LogP contribution in [0.5, 0.6) is 5.75 Å². The summed E-state index contributed by atoms with van der Waals surface area (Å²) in [4.78, 5) is 26.2. The molecular formula is C20H21N3O3. The van der Waals surface area contributed by atoms with Crippen molar-refractivity contribution in [1.29, 1.82) is 0 Å². The average Bonchev–Trinajstić information content (AvgIpc) is 3.08. The number of amides is 2. The third-order valence-corrected chi connectivity index (χ3v) is 4.73. The number of anilines is 1. The van der Waals surface area contributed by atoms with Gasteiger partial charge >= 0.3 is 0 Å². The first-order chi connectivity index (χ1) is 12.7. The minimum atomic E-state index is -0.181. The molecule has 2 aromatic carbocycles. The van der Waals surface area contributed by atoms with E-state index >= 15 is 0 Å². The molecular weight excluding hydrogens is 330 g/mol. The van der Waals surface area contributed by atoms with Crippen molar-refractivity contribution < 1.29 is 14.3 Å². The fourth-order valence-corrected chi connectivity index (χ4v) is 3.42. The molecule has 4 rings (SSSR count). The van der Waals surface area contributed by atoms with Crippen molar-refractivity contribution in [3.8, 4) is 5.75 Å². The second kappa shape index (κ2) is 7.17. The molecule has 6 nitrogen and oxygen atoms in total. The molecule has 0 spiro atoms. The number of carbonyl (C=O) groups is 2. The summed E-state index contributed by atoms with van der Waals surface area (Å²) in [6.45, 7) is 2.70. The van der Waals surface area contributed by atoms with Gasteiger partial charge in [-0.1, -0.05) is 30.3 Å². The molecule has 2 N–H and O–H groups in total. The third-order valence-electron chi connectivity index (χ3n) is 4.73. The van der Waals surface area contributed by atoms with E-state index in [4.69, 9.17) is 4.74 Å². The summed E-state index contributed by atoms with van der Waals surface area (Å²) in [7, 11) is 0. The van der Waals surface area contributed by atoms with Crippen LogP contribution in [0.2, 0.25) is 0 Å². The minimum absolute atomic E-state index is 0.0187. The van der Waals surface area contributed by atoms with E-state index in [9.17, 15) is 9.59 Å². The molecule has 0 unspecified atom stereocenters. The molecule has 0 aliphatic carbocycles. The zero-order chi connectivity index (χ0) is 17.9. The van der Waals surface area contributed by atoms with Crippen LogP contribution < -0.4 is 15.4 Å². The van der Waals surface area contributed by atoms with Gasteiger partial charge in [0.2, 0.25) is 0 Å². The first kappa shape index (κ1) is 16.6. The van der Waals surface area contributed by atoms with Gasteiger partial charge in [0, 0.05) is 31.2 Å². The van der Waals surface area contributed by atoms with E-state index in [1.165, 1.54) is 5.56 Å². The Hall–Kier alpha value is -2.86. The molecule has 2 heterocycles. The first-order valence-electron chi connectivity index (χ1n) is 8.81. The van der Waals surface area contributed by atoms with Gasteiger partial charge in [0.15, 0.2) is 6.61 Å². The molecule has 26 heavy (non-hydrogen) atoms. The van der Waals surface area contributed by atoms with Crippen LogP contribution in [0, 0.1) is 0 Å². The van der Waals surface area contributed by atoms with Gasteiger partial charge in [-0.15, -0.1) is 0 Å². The number of hydrogen-bond acceptors (Lipinski definition) is 4. The van der Waals surface area contributed by atoms with Crippen LogP contribution in [0.4, 0.5) is 5.69 Å². The highest BCUT2D eigenvalue weighted by Gasteiger charge is 2.25. The maximum Gasteiger partial charge on any atom is 0.262 e. The Kier molecular flexibility index (Phi) is 4.58. The highest BCUT2D eigenvalue weighted by Crippen LogP contribution is 2.28. The summed E-state index contributed by atoms with van der Waals surface area (Å²) in [5.74, 6) is 0.244. The lowest BCUT2D eigenvalue weighted by atomic mass is 10.1. The fraction of sp³-hybridized carbons (Fsp3) is 0.300. The fourth-order valence-electron chi connectivity index (χ4n) is 3.42.